The van der Waals surface area contributed by atoms with Crippen molar-refractivity contribution in [1.82, 2.24) is 5.01 Å². The molecule has 2 aromatic carbocycles. The van der Waals surface area contributed by atoms with E-state index in [4.69, 9.17) is 0 Å². The fraction of sp³-hybridized carbons (Fsp3) is 0.381. The van der Waals surface area contributed by atoms with Crippen LogP contribution in [-0.4, -0.2) is 10.8 Å². The van der Waals surface area contributed by atoms with Gasteiger partial charge in [0.2, 0.25) is 0 Å². The van der Waals surface area contributed by atoms with Gasteiger partial charge in [-0.15, -0.1) is 4.91 Å². The van der Waals surface area contributed by atoms with E-state index in [1.54, 1.807) is 5.01 Å². The van der Waals surface area contributed by atoms with Crippen LogP contribution in [0.15, 0.2) is 65.9 Å². The van der Waals surface area contributed by atoms with Crippen molar-refractivity contribution in [1.29, 1.82) is 0 Å². The maximum absolute atomic E-state index is 13.4. The summed E-state index contributed by atoms with van der Waals surface area (Å²) >= 11 is 0. The molecule has 0 amide bonds. The molecule has 0 unspecified atom stereocenters. The van der Waals surface area contributed by atoms with Gasteiger partial charge in [-0.25, -0.2) is 5.01 Å². The second kappa shape index (κ2) is 6.10. The standard InChI is InChI=1S/C21H24N2O2/c1-20(2)17(15-11-7-5-8-12-15)23(22-25)18(21(3,4)19(20)24)16-13-9-6-10-14-16/h5-14,17-18H,1-4H3/t17-,18+. The summed E-state index contributed by atoms with van der Waals surface area (Å²) in [6.45, 7) is 7.64. The summed E-state index contributed by atoms with van der Waals surface area (Å²) in [5.41, 5.74) is 0.391. The Labute approximate surface area is 148 Å². The fourth-order valence-electron chi connectivity index (χ4n) is 4.39. The number of piperidine rings is 1. The molecule has 1 saturated heterocycles. The van der Waals surface area contributed by atoms with Gasteiger partial charge in [-0.1, -0.05) is 88.4 Å². The minimum absolute atomic E-state index is 0.141. The highest BCUT2D eigenvalue weighted by Gasteiger charge is 2.58. The predicted molar refractivity (Wildman–Crippen MR) is 98.6 cm³/mol. The van der Waals surface area contributed by atoms with Gasteiger partial charge in [0, 0.05) is 0 Å². The number of hydrogen-bond acceptors (Lipinski definition) is 3. The van der Waals surface area contributed by atoms with Crippen LogP contribution in [0.2, 0.25) is 0 Å². The first-order chi connectivity index (χ1) is 11.8. The summed E-state index contributed by atoms with van der Waals surface area (Å²) in [6, 6.07) is 18.6. The Morgan fingerprint density at radius 3 is 1.44 bits per heavy atom. The molecule has 0 N–H and O–H groups in total. The number of Topliss-reactive ketones (excluding diaryl/α,β-unsaturated/α-hetero) is 1. The van der Waals surface area contributed by atoms with E-state index in [1.165, 1.54) is 0 Å². The Bertz CT molecular complexity index is 707. The molecule has 4 nitrogen and oxygen atoms in total. The first kappa shape index (κ1) is 17.3. The van der Waals surface area contributed by atoms with Crippen LogP contribution in [0.3, 0.4) is 0 Å². The topological polar surface area (TPSA) is 49.7 Å². The highest BCUT2D eigenvalue weighted by molar-refractivity contribution is 5.91. The molecule has 1 fully saturated rings. The molecule has 3 rings (SSSR count). The Balaban J connectivity index is 2.22. The van der Waals surface area contributed by atoms with E-state index in [0.29, 0.717) is 0 Å². The van der Waals surface area contributed by atoms with Crippen molar-refractivity contribution in [2.24, 2.45) is 16.1 Å². The maximum Gasteiger partial charge on any atom is 0.148 e. The minimum atomic E-state index is -0.732. The Morgan fingerprint density at radius 2 is 1.12 bits per heavy atom. The summed E-state index contributed by atoms with van der Waals surface area (Å²) in [5, 5.41) is 5.01. The number of rotatable bonds is 3. The molecule has 0 aliphatic carbocycles. The van der Waals surface area contributed by atoms with Crippen molar-refractivity contribution in [3.8, 4) is 0 Å². The van der Waals surface area contributed by atoms with Crippen molar-refractivity contribution < 1.29 is 4.79 Å². The van der Waals surface area contributed by atoms with Crippen LogP contribution in [0.1, 0.15) is 50.9 Å². The number of carbonyl (C=O) groups is 1. The van der Waals surface area contributed by atoms with Crippen LogP contribution < -0.4 is 0 Å². The largest absolute Gasteiger partial charge is 0.298 e. The molecule has 130 valence electrons. The lowest BCUT2D eigenvalue weighted by Crippen LogP contribution is -2.57. The van der Waals surface area contributed by atoms with E-state index < -0.39 is 22.9 Å². The lowest BCUT2D eigenvalue weighted by molar-refractivity contribution is -0.159. The quantitative estimate of drug-likeness (QED) is 0.734. The Morgan fingerprint density at radius 1 is 0.760 bits per heavy atom. The number of nitroso groups, excluding NO2 is 1. The van der Waals surface area contributed by atoms with Crippen LogP contribution in [0.5, 0.6) is 0 Å². The minimum Gasteiger partial charge on any atom is -0.298 e. The average molecular weight is 336 g/mol. The fourth-order valence-corrected chi connectivity index (χ4v) is 4.39. The smallest absolute Gasteiger partial charge is 0.148 e. The Kier molecular flexibility index (Phi) is 4.23. The molecule has 1 aliphatic heterocycles. The summed E-state index contributed by atoms with van der Waals surface area (Å²) in [6.07, 6.45) is 0. The number of hydrogen-bond donors (Lipinski definition) is 0. The summed E-state index contributed by atoms with van der Waals surface area (Å²) in [4.78, 5) is 25.4. The molecule has 0 spiro atoms. The van der Waals surface area contributed by atoms with E-state index in [0.717, 1.165) is 11.1 Å². The van der Waals surface area contributed by atoms with Crippen LogP contribution in [0.25, 0.3) is 0 Å². The molecule has 0 radical (unpaired) electrons. The molecule has 2 atom stereocenters. The summed E-state index contributed by atoms with van der Waals surface area (Å²) in [5.74, 6) is 0.141. The monoisotopic (exact) mass is 336 g/mol. The lowest BCUT2D eigenvalue weighted by atomic mass is 9.60. The normalized spacial score (nSPS) is 24.8. The van der Waals surface area contributed by atoms with Crippen LogP contribution in [-0.2, 0) is 4.79 Å². The molecule has 0 bridgehead atoms. The third kappa shape index (κ3) is 2.66. The third-order valence-electron chi connectivity index (χ3n) is 5.39. The Hall–Kier alpha value is -2.49. The molecule has 0 saturated carbocycles. The van der Waals surface area contributed by atoms with Crippen molar-refractivity contribution in [3.05, 3.63) is 76.7 Å². The number of benzene rings is 2. The second-order valence-corrected chi connectivity index (χ2v) is 7.86. The van der Waals surface area contributed by atoms with Crippen molar-refractivity contribution in [2.45, 2.75) is 39.8 Å². The second-order valence-electron chi connectivity index (χ2n) is 7.86. The first-order valence-electron chi connectivity index (χ1n) is 8.58. The van der Waals surface area contributed by atoms with Gasteiger partial charge in [-0.2, -0.15) is 0 Å². The van der Waals surface area contributed by atoms with Crippen molar-refractivity contribution >= 4 is 5.78 Å². The molecule has 4 heteroatoms. The van der Waals surface area contributed by atoms with Crippen LogP contribution >= 0.6 is 0 Å². The summed E-state index contributed by atoms with van der Waals surface area (Å²) in [7, 11) is 0. The van der Waals surface area contributed by atoms with E-state index in [2.05, 4.69) is 5.29 Å². The van der Waals surface area contributed by atoms with Gasteiger partial charge in [0.15, 0.2) is 0 Å². The zero-order valence-electron chi connectivity index (χ0n) is 15.1. The zero-order chi connectivity index (χ0) is 18.2. The van der Waals surface area contributed by atoms with Crippen LogP contribution in [0.4, 0.5) is 0 Å². The van der Waals surface area contributed by atoms with Gasteiger partial charge in [-0.05, 0) is 11.1 Å². The number of ketones is 1. The van der Waals surface area contributed by atoms with Crippen molar-refractivity contribution in [3.63, 3.8) is 0 Å². The number of carbonyl (C=O) groups excluding carboxylic acids is 1. The molecule has 25 heavy (non-hydrogen) atoms. The maximum atomic E-state index is 13.4. The van der Waals surface area contributed by atoms with Gasteiger partial charge in [0.05, 0.1) is 28.2 Å². The van der Waals surface area contributed by atoms with E-state index in [1.807, 2.05) is 88.4 Å². The van der Waals surface area contributed by atoms with Gasteiger partial charge < -0.3 is 0 Å². The molecular formula is C21H24N2O2. The molecular weight excluding hydrogens is 312 g/mol. The highest BCUT2D eigenvalue weighted by atomic mass is 16.3. The summed E-state index contributed by atoms with van der Waals surface area (Å²) < 4.78 is 0. The SMILES string of the molecule is CC1(C)C(=O)C(C)(C)[C@@H](c2ccccc2)N(N=O)[C@H]1c1ccccc1. The molecule has 1 aliphatic rings. The van der Waals surface area contributed by atoms with Crippen LogP contribution in [0, 0.1) is 15.7 Å². The van der Waals surface area contributed by atoms with Gasteiger partial charge in [0.1, 0.15) is 5.78 Å². The lowest BCUT2D eigenvalue weighted by Gasteiger charge is -2.54. The molecule has 2 aromatic rings. The van der Waals surface area contributed by atoms with Gasteiger partial charge in [-0.3, -0.25) is 4.79 Å². The number of nitrogens with zero attached hydrogens (tertiary/aromatic N) is 2. The highest BCUT2D eigenvalue weighted by Crippen LogP contribution is 2.56. The van der Waals surface area contributed by atoms with E-state index in [-0.39, 0.29) is 5.78 Å². The van der Waals surface area contributed by atoms with E-state index >= 15 is 0 Å². The zero-order valence-corrected chi connectivity index (χ0v) is 15.1. The molecule has 0 aromatic heterocycles. The predicted octanol–water partition coefficient (Wildman–Crippen LogP) is 5.09. The van der Waals surface area contributed by atoms with Crippen molar-refractivity contribution in [2.75, 3.05) is 0 Å². The van der Waals surface area contributed by atoms with Gasteiger partial charge in [0.25, 0.3) is 0 Å². The third-order valence-corrected chi connectivity index (χ3v) is 5.39. The van der Waals surface area contributed by atoms with E-state index in [9.17, 15) is 9.70 Å². The average Bonchev–Trinajstić information content (AvgIpc) is 2.61. The van der Waals surface area contributed by atoms with Gasteiger partial charge >= 0.3 is 0 Å². The first-order valence-corrected chi connectivity index (χ1v) is 8.58. The molecule has 1 heterocycles.